The highest BCUT2D eigenvalue weighted by Gasteiger charge is 2.26. The van der Waals surface area contributed by atoms with Gasteiger partial charge in [-0.15, -0.1) is 0 Å². The summed E-state index contributed by atoms with van der Waals surface area (Å²) in [5.41, 5.74) is 8.32. The number of hydrogen-bond donors (Lipinski definition) is 2. The van der Waals surface area contributed by atoms with Crippen molar-refractivity contribution in [1.29, 1.82) is 0 Å². The number of nitrogens with zero attached hydrogens (tertiary/aromatic N) is 2. The zero-order chi connectivity index (χ0) is 13.2. The first-order chi connectivity index (χ1) is 9.29. The summed E-state index contributed by atoms with van der Waals surface area (Å²) in [6.07, 6.45) is 3.25. The summed E-state index contributed by atoms with van der Waals surface area (Å²) in [4.78, 5) is 4.34. The van der Waals surface area contributed by atoms with Crippen molar-refractivity contribution in [2.45, 2.75) is 31.2 Å². The Hall–Kier alpha value is -1.72. The van der Waals surface area contributed by atoms with Gasteiger partial charge < -0.3 is 15.4 Å². The van der Waals surface area contributed by atoms with Crippen LogP contribution in [0.25, 0.3) is 0 Å². The Labute approximate surface area is 111 Å². The molecule has 1 aromatic heterocycles. The fraction of sp³-hybridized carbons (Fsp3) is 0.429. The molecule has 0 saturated heterocycles. The molecule has 3 N–H and O–H groups in total. The number of nitrogens with two attached hydrogens (primary N) is 1. The molecule has 3 rings (SSSR count). The molecule has 5 heteroatoms. The van der Waals surface area contributed by atoms with Gasteiger partial charge in [0.15, 0.2) is 5.82 Å². The number of benzene rings is 1. The standard InChI is InChI=1S/C14H17N3O2/c15-12(8-18)14-16-13(17-19-14)11-7-3-5-9-4-1-2-6-10(9)11/h1-2,4,6,11-12,18H,3,5,7-8,15H2/t11?,12-/m0/s1. The summed E-state index contributed by atoms with van der Waals surface area (Å²) in [5, 5.41) is 13.0. The van der Waals surface area contributed by atoms with Gasteiger partial charge in [0.1, 0.15) is 6.04 Å². The van der Waals surface area contributed by atoms with Crippen LogP contribution in [0.2, 0.25) is 0 Å². The third-order valence-electron chi connectivity index (χ3n) is 3.65. The van der Waals surface area contributed by atoms with Crippen LogP contribution in [0, 0.1) is 0 Å². The van der Waals surface area contributed by atoms with Crippen LogP contribution in [0.3, 0.4) is 0 Å². The number of aliphatic hydroxyl groups excluding tert-OH is 1. The summed E-state index contributed by atoms with van der Waals surface area (Å²) in [5.74, 6) is 1.15. The Bertz CT molecular complexity index is 567. The lowest BCUT2D eigenvalue weighted by atomic mass is 9.82. The predicted molar refractivity (Wildman–Crippen MR) is 69.5 cm³/mol. The summed E-state index contributed by atoms with van der Waals surface area (Å²) in [6, 6.07) is 7.78. The van der Waals surface area contributed by atoms with Crippen molar-refractivity contribution in [2.24, 2.45) is 5.73 Å². The van der Waals surface area contributed by atoms with Gasteiger partial charge in [0, 0.05) is 5.92 Å². The summed E-state index contributed by atoms with van der Waals surface area (Å²) >= 11 is 0. The lowest BCUT2D eigenvalue weighted by Crippen LogP contribution is -2.16. The van der Waals surface area contributed by atoms with Crippen LogP contribution in [-0.4, -0.2) is 21.9 Å². The van der Waals surface area contributed by atoms with Crippen molar-refractivity contribution < 1.29 is 9.63 Å². The maximum absolute atomic E-state index is 9.01. The van der Waals surface area contributed by atoms with E-state index in [1.54, 1.807) is 0 Å². The Morgan fingerprint density at radius 3 is 3.11 bits per heavy atom. The molecule has 1 aromatic carbocycles. The number of aliphatic hydroxyl groups is 1. The van der Waals surface area contributed by atoms with E-state index in [1.165, 1.54) is 11.1 Å². The summed E-state index contributed by atoms with van der Waals surface area (Å²) in [7, 11) is 0. The molecule has 0 fully saturated rings. The molecule has 0 spiro atoms. The van der Waals surface area contributed by atoms with Crippen LogP contribution in [0.15, 0.2) is 28.8 Å². The van der Waals surface area contributed by atoms with Gasteiger partial charge in [-0.1, -0.05) is 29.4 Å². The number of aromatic nitrogens is 2. The van der Waals surface area contributed by atoms with E-state index in [2.05, 4.69) is 28.3 Å². The normalized spacial score (nSPS) is 20.0. The van der Waals surface area contributed by atoms with Crippen LogP contribution in [0.1, 0.15) is 47.6 Å². The quantitative estimate of drug-likeness (QED) is 0.873. The Balaban J connectivity index is 1.93. The van der Waals surface area contributed by atoms with Gasteiger partial charge in [0.05, 0.1) is 6.61 Å². The molecule has 1 unspecified atom stereocenters. The topological polar surface area (TPSA) is 85.2 Å². The molecular formula is C14H17N3O2. The fourth-order valence-electron chi connectivity index (χ4n) is 2.64. The molecule has 0 aliphatic heterocycles. The molecule has 0 radical (unpaired) electrons. The second kappa shape index (κ2) is 5.11. The first-order valence-electron chi connectivity index (χ1n) is 6.57. The highest BCUT2D eigenvalue weighted by Crippen LogP contribution is 2.35. The summed E-state index contributed by atoms with van der Waals surface area (Å²) in [6.45, 7) is -0.192. The number of hydrogen-bond acceptors (Lipinski definition) is 5. The molecule has 2 aromatic rings. The van der Waals surface area contributed by atoms with Crippen molar-refractivity contribution >= 4 is 0 Å². The zero-order valence-corrected chi connectivity index (χ0v) is 10.6. The third kappa shape index (κ3) is 2.27. The van der Waals surface area contributed by atoms with Gasteiger partial charge in [0.25, 0.3) is 0 Å². The molecule has 0 amide bonds. The minimum atomic E-state index is -0.597. The van der Waals surface area contributed by atoms with Gasteiger partial charge in [-0.25, -0.2) is 0 Å². The first kappa shape index (κ1) is 12.3. The van der Waals surface area contributed by atoms with Crippen molar-refractivity contribution in [2.75, 3.05) is 6.61 Å². The molecule has 0 bridgehead atoms. The van der Waals surface area contributed by atoms with E-state index >= 15 is 0 Å². The minimum absolute atomic E-state index is 0.174. The summed E-state index contributed by atoms with van der Waals surface area (Å²) < 4.78 is 5.14. The molecule has 5 nitrogen and oxygen atoms in total. The monoisotopic (exact) mass is 259 g/mol. The molecule has 1 aliphatic carbocycles. The fourth-order valence-corrected chi connectivity index (χ4v) is 2.64. The lowest BCUT2D eigenvalue weighted by Gasteiger charge is -2.22. The van der Waals surface area contributed by atoms with Gasteiger partial charge >= 0.3 is 0 Å². The molecule has 0 saturated carbocycles. The van der Waals surface area contributed by atoms with E-state index in [4.69, 9.17) is 15.4 Å². The maximum atomic E-state index is 9.01. The maximum Gasteiger partial charge on any atom is 0.245 e. The lowest BCUT2D eigenvalue weighted by molar-refractivity contribution is 0.236. The molecular weight excluding hydrogens is 242 g/mol. The van der Waals surface area contributed by atoms with E-state index < -0.39 is 6.04 Å². The third-order valence-corrected chi connectivity index (χ3v) is 3.65. The van der Waals surface area contributed by atoms with Crippen LogP contribution in [0.5, 0.6) is 0 Å². The Morgan fingerprint density at radius 2 is 2.26 bits per heavy atom. The number of aryl methyl sites for hydroxylation is 1. The second-order valence-electron chi connectivity index (χ2n) is 4.92. The second-order valence-corrected chi connectivity index (χ2v) is 4.92. The molecule has 19 heavy (non-hydrogen) atoms. The van der Waals surface area contributed by atoms with Gasteiger partial charge in [0.2, 0.25) is 5.89 Å². The van der Waals surface area contributed by atoms with Crippen molar-refractivity contribution in [3.05, 3.63) is 47.1 Å². The predicted octanol–water partition coefficient (Wildman–Crippen LogP) is 1.53. The highest BCUT2D eigenvalue weighted by atomic mass is 16.5. The largest absolute Gasteiger partial charge is 0.394 e. The van der Waals surface area contributed by atoms with E-state index in [1.807, 2.05) is 6.07 Å². The minimum Gasteiger partial charge on any atom is -0.394 e. The van der Waals surface area contributed by atoms with Crippen molar-refractivity contribution in [3.63, 3.8) is 0 Å². The van der Waals surface area contributed by atoms with Gasteiger partial charge in [-0.2, -0.15) is 4.98 Å². The Kier molecular flexibility index (Phi) is 3.31. The van der Waals surface area contributed by atoms with Crippen LogP contribution < -0.4 is 5.73 Å². The van der Waals surface area contributed by atoms with Crippen LogP contribution in [0.4, 0.5) is 0 Å². The molecule has 1 heterocycles. The zero-order valence-electron chi connectivity index (χ0n) is 10.6. The van der Waals surface area contributed by atoms with Gasteiger partial charge in [-0.3, -0.25) is 0 Å². The van der Waals surface area contributed by atoms with Crippen LogP contribution in [-0.2, 0) is 6.42 Å². The van der Waals surface area contributed by atoms with E-state index in [0.29, 0.717) is 11.7 Å². The smallest absolute Gasteiger partial charge is 0.245 e. The molecule has 100 valence electrons. The number of rotatable bonds is 3. The molecule has 2 atom stereocenters. The average Bonchev–Trinajstić information content (AvgIpc) is 2.95. The van der Waals surface area contributed by atoms with E-state index in [0.717, 1.165) is 19.3 Å². The van der Waals surface area contributed by atoms with Crippen LogP contribution >= 0.6 is 0 Å². The SMILES string of the molecule is N[C@@H](CO)c1nc(C2CCCc3ccccc32)no1. The van der Waals surface area contributed by atoms with E-state index in [-0.39, 0.29) is 12.5 Å². The average molecular weight is 259 g/mol. The first-order valence-corrected chi connectivity index (χ1v) is 6.57. The van der Waals surface area contributed by atoms with E-state index in [9.17, 15) is 0 Å². The highest BCUT2D eigenvalue weighted by molar-refractivity contribution is 5.36. The molecule has 1 aliphatic rings. The van der Waals surface area contributed by atoms with Gasteiger partial charge in [-0.05, 0) is 30.4 Å². The van der Waals surface area contributed by atoms with Crippen molar-refractivity contribution in [3.8, 4) is 0 Å². The van der Waals surface area contributed by atoms with Crippen molar-refractivity contribution in [1.82, 2.24) is 10.1 Å². The number of fused-ring (bicyclic) bond motifs is 1. The Morgan fingerprint density at radius 1 is 1.42 bits per heavy atom.